The van der Waals surface area contributed by atoms with E-state index in [-0.39, 0.29) is 17.1 Å². The molecule has 2 rings (SSSR count). The molecule has 25 heavy (non-hydrogen) atoms. The zero-order chi connectivity index (χ0) is 18.6. The summed E-state index contributed by atoms with van der Waals surface area (Å²) < 4.78 is 24.5. The lowest BCUT2D eigenvalue weighted by atomic mass is 10.1. The average Bonchev–Trinajstić information content (AvgIpc) is 2.94. The molecule has 0 aliphatic carbocycles. The molecule has 1 aromatic heterocycles. The maximum absolute atomic E-state index is 12.3. The van der Waals surface area contributed by atoms with E-state index in [1.807, 2.05) is 4.83 Å². The van der Waals surface area contributed by atoms with E-state index >= 15 is 0 Å². The summed E-state index contributed by atoms with van der Waals surface area (Å²) in [6, 6.07) is 5.70. The molecule has 0 fully saturated rings. The Morgan fingerprint density at radius 1 is 1.40 bits per heavy atom. The summed E-state index contributed by atoms with van der Waals surface area (Å²) in [4.78, 5) is 24.6. The lowest BCUT2D eigenvalue weighted by Crippen LogP contribution is -2.44. The Hall–Kier alpha value is -2.83. The summed E-state index contributed by atoms with van der Waals surface area (Å²) in [5, 5.41) is 17.3. The lowest BCUT2D eigenvalue weighted by Gasteiger charge is -2.09. The Bertz CT molecular complexity index is 907. The van der Waals surface area contributed by atoms with Gasteiger partial charge < -0.3 is 5.32 Å². The Kier molecular flexibility index (Phi) is 5.46. The predicted octanol–water partition coefficient (Wildman–Crippen LogP) is -0.264. The second kappa shape index (κ2) is 7.38. The number of hydrogen-bond acceptors (Lipinski definition) is 7. The van der Waals surface area contributed by atoms with Crippen LogP contribution in [0.25, 0.3) is 11.3 Å². The number of benzene rings is 1. The van der Waals surface area contributed by atoms with Crippen LogP contribution in [0.1, 0.15) is 10.4 Å². The second-order valence-corrected chi connectivity index (χ2v) is 6.73. The second-order valence-electron chi connectivity index (χ2n) is 5.01. The van der Waals surface area contributed by atoms with Crippen LogP contribution in [0.4, 0.5) is 5.69 Å². The fraction of sp³-hybridized carbons (Fsp3) is 0.231. The summed E-state index contributed by atoms with van der Waals surface area (Å²) in [6.45, 7) is 0. The van der Waals surface area contributed by atoms with Gasteiger partial charge in [0, 0.05) is 24.7 Å². The Morgan fingerprint density at radius 2 is 2.12 bits per heavy atom. The van der Waals surface area contributed by atoms with E-state index in [1.165, 1.54) is 36.1 Å². The van der Waals surface area contributed by atoms with Crippen molar-refractivity contribution in [2.45, 2.75) is 0 Å². The highest BCUT2D eigenvalue weighted by atomic mass is 32.2. The van der Waals surface area contributed by atoms with Crippen LogP contribution < -0.4 is 15.6 Å². The number of nitro groups is 1. The molecule has 0 spiro atoms. The highest BCUT2D eigenvalue weighted by Crippen LogP contribution is 2.26. The molecule has 0 saturated heterocycles. The number of aryl methyl sites for hydroxylation is 1. The Morgan fingerprint density at radius 3 is 2.76 bits per heavy atom. The summed E-state index contributed by atoms with van der Waals surface area (Å²) in [7, 11) is -0.720. The number of hydrogen-bond donors (Lipinski definition) is 3. The Labute approximate surface area is 143 Å². The molecule has 134 valence electrons. The van der Waals surface area contributed by atoms with Gasteiger partial charge in [0.15, 0.2) is 0 Å². The van der Waals surface area contributed by atoms with Crippen LogP contribution in [0.3, 0.4) is 0 Å². The van der Waals surface area contributed by atoms with Crippen LogP contribution >= 0.6 is 0 Å². The van der Waals surface area contributed by atoms with E-state index in [0.717, 1.165) is 0 Å². The molecule has 0 bridgehead atoms. The topological polar surface area (TPSA) is 148 Å². The number of nitro benzene ring substituents is 1. The number of non-ortho nitro benzene ring substituents is 1. The molecule has 11 nitrogen and oxygen atoms in total. The normalized spacial score (nSPS) is 11.3. The number of nitrogens with zero attached hydrogens (tertiary/aromatic N) is 3. The molecule has 0 unspecified atom stereocenters. The summed E-state index contributed by atoms with van der Waals surface area (Å²) in [5.41, 5.74) is 2.72. The van der Waals surface area contributed by atoms with E-state index in [0.29, 0.717) is 11.3 Å². The van der Waals surface area contributed by atoms with Gasteiger partial charge in [-0.1, -0.05) is 12.1 Å². The molecule has 1 aromatic carbocycles. The van der Waals surface area contributed by atoms with E-state index in [9.17, 15) is 23.3 Å². The third kappa shape index (κ3) is 4.37. The maximum atomic E-state index is 12.3. The van der Waals surface area contributed by atoms with Crippen molar-refractivity contribution < 1.29 is 18.1 Å². The molecule has 0 saturated carbocycles. The smallest absolute Gasteiger partial charge is 0.270 e. The van der Waals surface area contributed by atoms with Gasteiger partial charge in [0.05, 0.1) is 22.4 Å². The van der Waals surface area contributed by atoms with Gasteiger partial charge in [-0.3, -0.25) is 25.0 Å². The van der Waals surface area contributed by atoms with Crippen LogP contribution in [0.2, 0.25) is 0 Å². The van der Waals surface area contributed by atoms with Crippen molar-refractivity contribution in [2.75, 3.05) is 12.9 Å². The van der Waals surface area contributed by atoms with Gasteiger partial charge in [-0.05, 0) is 7.05 Å². The Balaban J connectivity index is 2.31. The molecule has 3 N–H and O–H groups in total. The first-order valence-corrected chi connectivity index (χ1v) is 8.61. The molecule has 1 heterocycles. The van der Waals surface area contributed by atoms with Crippen molar-refractivity contribution in [3.8, 4) is 11.3 Å². The predicted molar refractivity (Wildman–Crippen MR) is 88.7 cm³/mol. The number of amides is 1. The number of nitrogens with one attached hydrogen (secondary N) is 3. The molecule has 0 aliphatic heterocycles. The first kappa shape index (κ1) is 18.5. The standard InChI is InChI=1S/C13H16N6O5S/c1-14-8-25(23,24)17-16-13(20)11-7-15-18(2)12(11)9-4-3-5-10(6-9)19(21)22/h3-7,14,17H,8H2,1-2H3,(H,16,20). The van der Waals surface area contributed by atoms with Gasteiger partial charge in [-0.2, -0.15) is 5.10 Å². The summed E-state index contributed by atoms with van der Waals surface area (Å²) in [5.74, 6) is -1.12. The number of aromatic nitrogens is 2. The average molecular weight is 368 g/mol. The molecular formula is C13H16N6O5S. The molecule has 1 amide bonds. The highest BCUT2D eigenvalue weighted by molar-refractivity contribution is 7.89. The number of sulfonamides is 1. The van der Waals surface area contributed by atoms with Gasteiger partial charge in [0.2, 0.25) is 10.0 Å². The third-order valence-electron chi connectivity index (χ3n) is 3.17. The molecular weight excluding hydrogens is 352 g/mol. The zero-order valence-corrected chi connectivity index (χ0v) is 14.2. The largest absolute Gasteiger partial charge is 0.306 e. The van der Waals surface area contributed by atoms with Crippen molar-refractivity contribution in [3.05, 3.63) is 46.1 Å². The lowest BCUT2D eigenvalue weighted by molar-refractivity contribution is -0.384. The number of carbonyl (C=O) groups excluding carboxylic acids is 1. The SMILES string of the molecule is CNCS(=O)(=O)NNC(=O)c1cnn(C)c1-c1cccc([N+](=O)[O-])c1. The minimum Gasteiger partial charge on any atom is -0.306 e. The minimum atomic E-state index is -3.73. The van der Waals surface area contributed by atoms with Crippen molar-refractivity contribution in [1.82, 2.24) is 25.4 Å². The molecule has 2 aromatic rings. The number of rotatable bonds is 7. The van der Waals surface area contributed by atoms with Crippen LogP contribution in [-0.2, 0) is 17.1 Å². The minimum absolute atomic E-state index is 0.0650. The van der Waals surface area contributed by atoms with Gasteiger partial charge in [0.25, 0.3) is 11.6 Å². The first-order chi connectivity index (χ1) is 11.7. The van der Waals surface area contributed by atoms with Crippen molar-refractivity contribution in [3.63, 3.8) is 0 Å². The summed E-state index contributed by atoms with van der Waals surface area (Å²) in [6.07, 6.45) is 1.25. The number of hydrazine groups is 1. The van der Waals surface area contributed by atoms with Crippen molar-refractivity contribution >= 4 is 21.6 Å². The molecule has 0 aliphatic rings. The third-order valence-corrected chi connectivity index (χ3v) is 4.25. The van der Waals surface area contributed by atoms with E-state index in [1.54, 1.807) is 13.1 Å². The van der Waals surface area contributed by atoms with Crippen LogP contribution in [0.5, 0.6) is 0 Å². The molecule has 12 heteroatoms. The fourth-order valence-corrected chi connectivity index (χ4v) is 2.83. The van der Waals surface area contributed by atoms with Gasteiger partial charge in [-0.25, -0.2) is 8.42 Å². The monoisotopic (exact) mass is 368 g/mol. The van der Waals surface area contributed by atoms with Crippen molar-refractivity contribution in [2.24, 2.45) is 7.05 Å². The molecule has 0 radical (unpaired) electrons. The van der Waals surface area contributed by atoms with E-state index < -0.39 is 20.9 Å². The zero-order valence-electron chi connectivity index (χ0n) is 13.4. The quantitative estimate of drug-likeness (QED) is 0.450. The number of carbonyl (C=O) groups is 1. The van der Waals surface area contributed by atoms with E-state index in [2.05, 4.69) is 15.8 Å². The fourth-order valence-electron chi connectivity index (χ4n) is 2.13. The molecule has 0 atom stereocenters. The van der Waals surface area contributed by atoms with Gasteiger partial charge in [0.1, 0.15) is 5.88 Å². The van der Waals surface area contributed by atoms with Gasteiger partial charge in [-0.15, -0.1) is 4.83 Å². The van der Waals surface area contributed by atoms with Crippen molar-refractivity contribution in [1.29, 1.82) is 0 Å². The maximum Gasteiger partial charge on any atom is 0.270 e. The summed E-state index contributed by atoms with van der Waals surface area (Å²) >= 11 is 0. The van der Waals surface area contributed by atoms with E-state index in [4.69, 9.17) is 0 Å². The van der Waals surface area contributed by atoms with Crippen LogP contribution in [0.15, 0.2) is 30.5 Å². The van der Waals surface area contributed by atoms with Gasteiger partial charge >= 0.3 is 0 Å². The first-order valence-electron chi connectivity index (χ1n) is 6.96. The highest BCUT2D eigenvalue weighted by Gasteiger charge is 2.20. The van der Waals surface area contributed by atoms with Crippen LogP contribution in [-0.4, -0.2) is 42.0 Å². The van der Waals surface area contributed by atoms with Crippen LogP contribution in [0, 0.1) is 10.1 Å².